The monoisotopic (exact) mass is 566 g/mol. The third-order valence-corrected chi connectivity index (χ3v) is 7.11. The number of amides is 1. The first-order chi connectivity index (χ1) is 18.7. The van der Waals surface area contributed by atoms with Crippen LogP contribution in [0, 0.1) is 18.3 Å². The zero-order valence-corrected chi connectivity index (χ0v) is 23.0. The molecule has 7 nitrogen and oxygen atoms in total. The fraction of sp³-hybridized carbons (Fsp3) is 0.214. The number of pyridine rings is 1. The SMILES string of the molecule is CCOc1ccc(N2C(=O)/C(=C\c3ccc(OC)c(CSc4nc(C(F)F)cc(C)c4C#N)c3)NC2=S)cc1. The number of aromatic nitrogens is 1. The van der Waals surface area contributed by atoms with Crippen LogP contribution in [0.5, 0.6) is 11.5 Å². The molecule has 0 atom stereocenters. The molecule has 1 aromatic heterocycles. The van der Waals surface area contributed by atoms with E-state index < -0.39 is 6.43 Å². The van der Waals surface area contributed by atoms with Gasteiger partial charge in [-0.2, -0.15) is 5.26 Å². The summed E-state index contributed by atoms with van der Waals surface area (Å²) in [6.07, 6.45) is -1.07. The Morgan fingerprint density at radius 3 is 2.62 bits per heavy atom. The third-order valence-electron chi connectivity index (χ3n) is 5.80. The second kappa shape index (κ2) is 12.2. The standard InChI is InChI=1S/C28H24F2N4O3S2/c1-4-37-20-8-6-19(7-9-20)34-27(35)23(33-28(34)38)13-17-5-10-24(36-3)18(12-17)15-39-26-21(14-31)16(2)11-22(32-26)25(29)30/h5-13,25H,4,15H2,1-3H3,(H,33,38)/b23-13+. The fourth-order valence-corrected chi connectivity index (χ4v) is 5.30. The summed E-state index contributed by atoms with van der Waals surface area (Å²) in [7, 11) is 1.53. The lowest BCUT2D eigenvalue weighted by Crippen LogP contribution is -2.30. The van der Waals surface area contributed by atoms with Crippen LogP contribution >= 0.6 is 24.0 Å². The van der Waals surface area contributed by atoms with Gasteiger partial charge < -0.3 is 14.8 Å². The molecular formula is C28H24F2N4O3S2. The zero-order chi connectivity index (χ0) is 28.1. The summed E-state index contributed by atoms with van der Waals surface area (Å²) in [5, 5.41) is 13.0. The van der Waals surface area contributed by atoms with Gasteiger partial charge in [0.25, 0.3) is 12.3 Å². The molecule has 1 saturated heterocycles. The number of carbonyl (C=O) groups is 1. The van der Waals surface area contributed by atoms with Gasteiger partial charge in [-0.05, 0) is 85.7 Å². The molecule has 0 spiro atoms. The van der Waals surface area contributed by atoms with Gasteiger partial charge in [0, 0.05) is 11.3 Å². The summed E-state index contributed by atoms with van der Waals surface area (Å²) in [4.78, 5) is 18.6. The molecule has 200 valence electrons. The molecule has 4 rings (SSSR count). The van der Waals surface area contributed by atoms with Crippen LogP contribution < -0.4 is 19.7 Å². The highest BCUT2D eigenvalue weighted by Gasteiger charge is 2.32. The lowest BCUT2D eigenvalue weighted by Gasteiger charge is -2.14. The molecular weight excluding hydrogens is 542 g/mol. The van der Waals surface area contributed by atoms with Crippen molar-refractivity contribution >= 4 is 46.8 Å². The van der Waals surface area contributed by atoms with Gasteiger partial charge in [0.2, 0.25) is 0 Å². The highest BCUT2D eigenvalue weighted by Crippen LogP contribution is 2.33. The van der Waals surface area contributed by atoms with Crippen LogP contribution in [0.15, 0.2) is 59.3 Å². The predicted octanol–water partition coefficient (Wildman–Crippen LogP) is 6.16. The zero-order valence-electron chi connectivity index (χ0n) is 21.3. The Labute approximate surface area is 234 Å². The van der Waals surface area contributed by atoms with Crippen molar-refractivity contribution in [2.75, 3.05) is 18.6 Å². The molecule has 1 aliphatic heterocycles. The van der Waals surface area contributed by atoms with Crippen LogP contribution in [0.4, 0.5) is 14.5 Å². The van der Waals surface area contributed by atoms with E-state index >= 15 is 0 Å². The van der Waals surface area contributed by atoms with Crippen LogP contribution in [0.25, 0.3) is 6.08 Å². The van der Waals surface area contributed by atoms with Crippen LogP contribution in [-0.2, 0) is 10.5 Å². The molecule has 3 aromatic rings. The van der Waals surface area contributed by atoms with Crippen molar-refractivity contribution in [3.05, 3.63) is 82.2 Å². The Kier molecular flexibility index (Phi) is 8.79. The molecule has 0 saturated carbocycles. The number of hydrogen-bond donors (Lipinski definition) is 1. The minimum absolute atomic E-state index is 0.225. The maximum Gasteiger partial charge on any atom is 0.281 e. The summed E-state index contributed by atoms with van der Waals surface area (Å²) in [6, 6.07) is 15.7. The van der Waals surface area contributed by atoms with E-state index in [9.17, 15) is 18.8 Å². The van der Waals surface area contributed by atoms with Crippen molar-refractivity contribution < 1.29 is 23.0 Å². The number of hydrogen-bond acceptors (Lipinski definition) is 7. The first-order valence-corrected chi connectivity index (χ1v) is 13.2. The van der Waals surface area contributed by atoms with E-state index in [1.165, 1.54) is 29.8 Å². The van der Waals surface area contributed by atoms with Gasteiger partial charge in [0.05, 0.1) is 25.0 Å². The maximum atomic E-state index is 13.3. The first kappa shape index (κ1) is 28.0. The summed E-state index contributed by atoms with van der Waals surface area (Å²) in [6.45, 7) is 4.04. The topological polar surface area (TPSA) is 87.5 Å². The van der Waals surface area contributed by atoms with Gasteiger partial charge in [-0.25, -0.2) is 13.8 Å². The molecule has 0 bridgehead atoms. The van der Waals surface area contributed by atoms with Gasteiger partial charge in [0.1, 0.15) is 34.0 Å². The Morgan fingerprint density at radius 1 is 1.23 bits per heavy atom. The normalized spacial score (nSPS) is 14.1. The largest absolute Gasteiger partial charge is 0.496 e. The van der Waals surface area contributed by atoms with Crippen molar-refractivity contribution in [1.29, 1.82) is 5.26 Å². The molecule has 0 unspecified atom stereocenters. The molecule has 2 heterocycles. The van der Waals surface area contributed by atoms with Crippen molar-refractivity contribution in [2.24, 2.45) is 0 Å². The minimum Gasteiger partial charge on any atom is -0.496 e. The van der Waals surface area contributed by atoms with E-state index in [2.05, 4.69) is 16.4 Å². The van der Waals surface area contributed by atoms with Gasteiger partial charge in [-0.15, -0.1) is 11.8 Å². The number of nitrogens with zero attached hydrogens (tertiary/aromatic N) is 3. The molecule has 1 amide bonds. The fourth-order valence-electron chi connectivity index (χ4n) is 3.96. The Bertz CT molecular complexity index is 1490. The quantitative estimate of drug-likeness (QED) is 0.187. The number of nitriles is 1. The van der Waals surface area contributed by atoms with E-state index in [-0.39, 0.29) is 27.3 Å². The number of alkyl halides is 2. The summed E-state index contributed by atoms with van der Waals surface area (Å²) in [5.41, 5.74) is 2.66. The second-order valence-electron chi connectivity index (χ2n) is 8.37. The highest BCUT2D eigenvalue weighted by molar-refractivity contribution is 7.98. The summed E-state index contributed by atoms with van der Waals surface area (Å²) >= 11 is 6.58. The van der Waals surface area contributed by atoms with Crippen molar-refractivity contribution in [3.8, 4) is 17.6 Å². The second-order valence-corrected chi connectivity index (χ2v) is 9.72. The summed E-state index contributed by atoms with van der Waals surface area (Å²) < 4.78 is 37.5. The smallest absolute Gasteiger partial charge is 0.281 e. The van der Waals surface area contributed by atoms with Crippen molar-refractivity contribution in [1.82, 2.24) is 10.3 Å². The number of thiocarbonyl (C=S) groups is 1. The Hall–Kier alpha value is -4.01. The van der Waals surface area contributed by atoms with E-state index in [1.807, 2.05) is 13.0 Å². The maximum absolute atomic E-state index is 13.3. The van der Waals surface area contributed by atoms with Gasteiger partial charge >= 0.3 is 0 Å². The van der Waals surface area contributed by atoms with E-state index in [4.69, 9.17) is 21.7 Å². The first-order valence-electron chi connectivity index (χ1n) is 11.8. The predicted molar refractivity (Wildman–Crippen MR) is 150 cm³/mol. The average Bonchev–Trinajstić information content (AvgIpc) is 3.20. The number of halogens is 2. The van der Waals surface area contributed by atoms with E-state index in [1.54, 1.807) is 49.4 Å². The molecule has 0 radical (unpaired) electrons. The summed E-state index contributed by atoms with van der Waals surface area (Å²) in [5.74, 6) is 1.26. The van der Waals surface area contributed by atoms with Crippen LogP contribution in [0.1, 0.15) is 41.3 Å². The number of nitrogens with one attached hydrogen (secondary N) is 1. The Balaban J connectivity index is 1.58. The lowest BCUT2D eigenvalue weighted by molar-refractivity contribution is -0.113. The van der Waals surface area contributed by atoms with Gasteiger partial charge in [0.15, 0.2) is 5.11 Å². The number of carbonyl (C=O) groups excluding carboxylic acids is 1. The number of benzene rings is 2. The van der Waals surface area contributed by atoms with E-state index in [0.29, 0.717) is 46.4 Å². The molecule has 39 heavy (non-hydrogen) atoms. The number of aryl methyl sites for hydroxylation is 1. The number of rotatable bonds is 9. The molecule has 1 N–H and O–H groups in total. The number of anilines is 1. The average molecular weight is 567 g/mol. The third kappa shape index (κ3) is 6.19. The van der Waals surface area contributed by atoms with E-state index in [0.717, 1.165) is 5.56 Å². The number of thioether (sulfide) groups is 1. The van der Waals surface area contributed by atoms with Gasteiger partial charge in [-0.3, -0.25) is 9.69 Å². The van der Waals surface area contributed by atoms with Gasteiger partial charge in [-0.1, -0.05) is 6.07 Å². The lowest BCUT2D eigenvalue weighted by atomic mass is 10.1. The van der Waals surface area contributed by atoms with Crippen LogP contribution in [0.3, 0.4) is 0 Å². The van der Waals surface area contributed by atoms with Crippen LogP contribution in [-0.4, -0.2) is 29.7 Å². The molecule has 0 aliphatic carbocycles. The van der Waals surface area contributed by atoms with Crippen LogP contribution in [0.2, 0.25) is 0 Å². The number of ether oxygens (including phenoxy) is 2. The molecule has 11 heteroatoms. The minimum atomic E-state index is -2.75. The highest BCUT2D eigenvalue weighted by atomic mass is 32.2. The molecule has 2 aromatic carbocycles. The number of methoxy groups -OCH3 is 1. The van der Waals surface area contributed by atoms with Crippen molar-refractivity contribution in [2.45, 2.75) is 31.1 Å². The Morgan fingerprint density at radius 2 is 1.97 bits per heavy atom. The molecule has 1 aliphatic rings. The van der Waals surface area contributed by atoms with Crippen molar-refractivity contribution in [3.63, 3.8) is 0 Å². The molecule has 1 fully saturated rings.